The Balaban J connectivity index is 3.22. The van der Waals surface area contributed by atoms with E-state index in [1.165, 1.54) is 0 Å². The van der Waals surface area contributed by atoms with E-state index in [0.717, 1.165) is 0 Å². The second-order valence-electron chi connectivity index (χ2n) is 2.59. The van der Waals surface area contributed by atoms with E-state index in [4.69, 9.17) is 11.6 Å². The normalized spacial score (nSPS) is 11.4. The van der Waals surface area contributed by atoms with Gasteiger partial charge >= 0.3 is 12.4 Å². The molecule has 0 heterocycles. The number of carbonyl (C=O) groups excluding carboxylic acids is 1. The van der Waals surface area contributed by atoms with Crippen LogP contribution in [0.25, 0.3) is 0 Å². The molecule has 0 aliphatic heterocycles. The van der Waals surface area contributed by atoms with Gasteiger partial charge in [0.15, 0.2) is 11.6 Å². The largest absolute Gasteiger partial charge is 0.573 e. The molecule has 1 aromatic carbocycles. The zero-order valence-corrected chi connectivity index (χ0v) is 7.99. The highest BCUT2D eigenvalue weighted by Gasteiger charge is 2.33. The lowest BCUT2D eigenvalue weighted by Gasteiger charge is -2.10. The van der Waals surface area contributed by atoms with Crippen LogP contribution in [0.3, 0.4) is 0 Å². The van der Waals surface area contributed by atoms with Crippen molar-refractivity contribution >= 4 is 17.6 Å². The lowest BCUT2D eigenvalue weighted by atomic mass is 10.2. The van der Waals surface area contributed by atoms with Crippen molar-refractivity contribution in [1.29, 1.82) is 0 Å². The van der Waals surface area contributed by atoms with Gasteiger partial charge in [0, 0.05) is 0 Å². The smallest absolute Gasteiger partial charge is 0.403 e. The van der Waals surface area contributed by atoms with Gasteiger partial charge in [-0.25, -0.2) is 4.39 Å². The van der Waals surface area contributed by atoms with Crippen LogP contribution in [0, 0.1) is 5.82 Å². The third kappa shape index (κ3) is 3.06. The standard InChI is InChI=1S/C8H2ClF5O2/c9-4-1-3(7(11)15)2-5(6(4)10)16-8(12,13)14/h1-2H. The summed E-state index contributed by atoms with van der Waals surface area (Å²) >= 11 is 5.15. The minimum atomic E-state index is -5.16. The molecule has 0 aliphatic rings. The molecule has 0 radical (unpaired) electrons. The first-order valence-electron chi connectivity index (χ1n) is 3.65. The first-order chi connectivity index (χ1) is 7.20. The van der Waals surface area contributed by atoms with Gasteiger partial charge in [0.2, 0.25) is 0 Å². The molecule has 88 valence electrons. The summed E-state index contributed by atoms with van der Waals surface area (Å²) in [5.74, 6) is -2.88. The van der Waals surface area contributed by atoms with Crippen LogP contribution in [0.2, 0.25) is 5.02 Å². The molecule has 0 N–H and O–H groups in total. The van der Waals surface area contributed by atoms with Gasteiger partial charge < -0.3 is 4.74 Å². The van der Waals surface area contributed by atoms with Gasteiger partial charge in [0.1, 0.15) is 0 Å². The number of hydrogen-bond donors (Lipinski definition) is 0. The molecule has 16 heavy (non-hydrogen) atoms. The summed E-state index contributed by atoms with van der Waals surface area (Å²) in [6.45, 7) is 0. The summed E-state index contributed by atoms with van der Waals surface area (Å²) in [6, 6.07) is -1.21. The van der Waals surface area contributed by atoms with E-state index < -0.39 is 34.6 Å². The molecule has 1 rings (SSSR count). The summed E-state index contributed by atoms with van der Waals surface area (Å²) < 4.78 is 63.7. The molecule has 8 heteroatoms. The van der Waals surface area contributed by atoms with E-state index in [2.05, 4.69) is 4.74 Å². The predicted octanol–water partition coefficient (Wildman–Crippen LogP) is 3.49. The van der Waals surface area contributed by atoms with Crippen LogP contribution >= 0.6 is 11.6 Å². The maximum Gasteiger partial charge on any atom is 0.573 e. The fourth-order valence-electron chi connectivity index (χ4n) is 0.876. The first-order valence-corrected chi connectivity index (χ1v) is 4.03. The Morgan fingerprint density at radius 2 is 1.88 bits per heavy atom. The quantitative estimate of drug-likeness (QED) is 0.601. The fraction of sp³-hybridized carbons (Fsp3) is 0.125. The second kappa shape index (κ2) is 4.25. The fourth-order valence-corrected chi connectivity index (χ4v) is 1.09. The van der Waals surface area contributed by atoms with E-state index >= 15 is 0 Å². The monoisotopic (exact) mass is 260 g/mol. The number of hydrogen-bond acceptors (Lipinski definition) is 2. The zero-order chi connectivity index (χ0) is 12.5. The van der Waals surface area contributed by atoms with Crippen molar-refractivity contribution in [2.75, 3.05) is 0 Å². The Morgan fingerprint density at radius 1 is 1.31 bits per heavy atom. The molecule has 0 aromatic heterocycles. The van der Waals surface area contributed by atoms with Crippen molar-refractivity contribution in [1.82, 2.24) is 0 Å². The molecular formula is C8H2ClF5O2. The van der Waals surface area contributed by atoms with Crippen LogP contribution in [0.5, 0.6) is 5.75 Å². The van der Waals surface area contributed by atoms with E-state index in [0.29, 0.717) is 6.07 Å². The predicted molar refractivity (Wildman–Crippen MR) is 43.5 cm³/mol. The van der Waals surface area contributed by atoms with Gasteiger partial charge in [-0.3, -0.25) is 4.79 Å². The van der Waals surface area contributed by atoms with Crippen molar-refractivity contribution < 1.29 is 31.5 Å². The summed E-state index contributed by atoms with van der Waals surface area (Å²) in [5, 5.41) is -0.845. The van der Waals surface area contributed by atoms with Gasteiger partial charge in [0.25, 0.3) is 0 Å². The highest BCUT2D eigenvalue weighted by Crippen LogP contribution is 2.31. The third-order valence-corrected chi connectivity index (χ3v) is 1.72. The molecular weight excluding hydrogens is 259 g/mol. The molecule has 0 spiro atoms. The van der Waals surface area contributed by atoms with Gasteiger partial charge in [-0.1, -0.05) is 11.6 Å². The summed E-state index contributed by atoms with van der Waals surface area (Å²) in [4.78, 5) is 10.2. The topological polar surface area (TPSA) is 26.3 Å². The SMILES string of the molecule is O=C(F)c1cc(Cl)c(F)c(OC(F)(F)F)c1. The van der Waals surface area contributed by atoms with Crippen molar-refractivity contribution in [3.05, 3.63) is 28.5 Å². The summed E-state index contributed by atoms with van der Waals surface area (Å²) in [5.41, 5.74) is -0.828. The molecule has 2 nitrogen and oxygen atoms in total. The van der Waals surface area contributed by atoms with Crippen LogP contribution < -0.4 is 4.74 Å². The van der Waals surface area contributed by atoms with Crippen molar-refractivity contribution in [3.8, 4) is 5.75 Å². The second-order valence-corrected chi connectivity index (χ2v) is 3.00. The number of halogens is 6. The molecule has 0 saturated carbocycles. The maximum absolute atomic E-state index is 13.0. The first kappa shape index (κ1) is 12.7. The Kier molecular flexibility index (Phi) is 3.37. The Morgan fingerprint density at radius 3 is 2.31 bits per heavy atom. The van der Waals surface area contributed by atoms with E-state index in [9.17, 15) is 26.7 Å². The van der Waals surface area contributed by atoms with Gasteiger partial charge in [-0.2, -0.15) is 4.39 Å². The lowest BCUT2D eigenvalue weighted by Crippen LogP contribution is -2.18. The Hall–Kier alpha value is -1.37. The minimum absolute atomic E-state index is 0.275. The lowest BCUT2D eigenvalue weighted by molar-refractivity contribution is -0.275. The maximum atomic E-state index is 13.0. The molecule has 0 saturated heterocycles. The minimum Gasteiger partial charge on any atom is -0.403 e. The molecule has 0 amide bonds. The van der Waals surface area contributed by atoms with Gasteiger partial charge in [-0.05, 0) is 12.1 Å². The average Bonchev–Trinajstić information content (AvgIpc) is 2.10. The molecule has 0 bridgehead atoms. The van der Waals surface area contributed by atoms with E-state index in [-0.39, 0.29) is 6.07 Å². The van der Waals surface area contributed by atoms with Gasteiger partial charge in [0.05, 0.1) is 10.6 Å². The van der Waals surface area contributed by atoms with E-state index in [1.54, 1.807) is 0 Å². The average molecular weight is 261 g/mol. The summed E-state index contributed by atoms with van der Waals surface area (Å²) in [6.07, 6.45) is -5.16. The molecule has 0 unspecified atom stereocenters. The molecule has 0 fully saturated rings. The molecule has 1 aromatic rings. The Labute approximate surface area is 90.6 Å². The van der Waals surface area contributed by atoms with Crippen LogP contribution in [0.1, 0.15) is 10.4 Å². The van der Waals surface area contributed by atoms with Crippen LogP contribution in [-0.2, 0) is 0 Å². The highest BCUT2D eigenvalue weighted by molar-refractivity contribution is 6.31. The highest BCUT2D eigenvalue weighted by atomic mass is 35.5. The van der Waals surface area contributed by atoms with Gasteiger partial charge in [-0.15, -0.1) is 13.2 Å². The van der Waals surface area contributed by atoms with Crippen LogP contribution in [0.15, 0.2) is 12.1 Å². The van der Waals surface area contributed by atoms with Crippen LogP contribution in [-0.4, -0.2) is 12.4 Å². The third-order valence-electron chi connectivity index (χ3n) is 1.45. The number of ether oxygens (including phenoxy) is 1. The van der Waals surface area contributed by atoms with E-state index in [1.807, 2.05) is 0 Å². The summed E-state index contributed by atoms with van der Waals surface area (Å²) in [7, 11) is 0. The van der Waals surface area contributed by atoms with Crippen LogP contribution in [0.4, 0.5) is 22.0 Å². The van der Waals surface area contributed by atoms with Crippen molar-refractivity contribution in [2.24, 2.45) is 0 Å². The van der Waals surface area contributed by atoms with Crippen molar-refractivity contribution in [3.63, 3.8) is 0 Å². The van der Waals surface area contributed by atoms with Crippen molar-refractivity contribution in [2.45, 2.75) is 6.36 Å². The molecule has 0 atom stereocenters. The number of alkyl halides is 3. The number of benzene rings is 1. The number of carbonyl (C=O) groups is 1. The number of rotatable bonds is 2. The Bertz CT molecular complexity index is 429. The molecule has 0 aliphatic carbocycles. The zero-order valence-electron chi connectivity index (χ0n) is 7.24.